The molecule has 126 valence electrons. The Labute approximate surface area is 197 Å². The molecule has 0 unspecified atom stereocenters. The Kier molecular flexibility index (Phi) is 13.5. The van der Waals surface area contributed by atoms with Gasteiger partial charge in [-0.1, -0.05) is 18.1 Å². The van der Waals surface area contributed by atoms with E-state index in [0.717, 1.165) is 22.6 Å². The second-order valence-corrected chi connectivity index (χ2v) is 5.44. The van der Waals surface area contributed by atoms with Gasteiger partial charge in [0, 0.05) is 71.2 Å². The predicted octanol–water partition coefficient (Wildman–Crippen LogP) is 4.98. The third kappa shape index (κ3) is 7.08. The van der Waals surface area contributed by atoms with Crippen LogP contribution >= 0.6 is 0 Å². The summed E-state index contributed by atoms with van der Waals surface area (Å²) in [6.45, 7) is 15.9. The Balaban J connectivity index is 0. The molecular formula is C20H26O2Y2-2. The van der Waals surface area contributed by atoms with Crippen LogP contribution in [-0.2, 0) is 65.4 Å². The molecular weight excluding hydrogens is 450 g/mol. The zero-order chi connectivity index (χ0) is 16.9. The van der Waals surface area contributed by atoms with Crippen LogP contribution in [0.15, 0.2) is 24.3 Å². The van der Waals surface area contributed by atoms with Gasteiger partial charge in [-0.25, -0.2) is 0 Å². The normalized spacial score (nSPS) is 8.92. The molecule has 0 aromatic heterocycles. The molecule has 0 saturated heterocycles. The summed E-state index contributed by atoms with van der Waals surface area (Å²) in [6, 6.07) is 8.03. The van der Waals surface area contributed by atoms with Gasteiger partial charge in [0.25, 0.3) is 0 Å². The first-order chi connectivity index (χ1) is 10.3. The molecule has 0 N–H and O–H groups in total. The van der Waals surface area contributed by atoms with E-state index in [1.54, 1.807) is 14.2 Å². The van der Waals surface area contributed by atoms with E-state index in [9.17, 15) is 0 Å². The zero-order valence-corrected chi connectivity index (χ0v) is 21.4. The summed E-state index contributed by atoms with van der Waals surface area (Å²) in [5, 5.41) is 0. The van der Waals surface area contributed by atoms with Crippen molar-refractivity contribution in [2.24, 2.45) is 0 Å². The maximum Gasteiger partial charge on any atom is 0.0759 e. The minimum absolute atomic E-state index is 0. The van der Waals surface area contributed by atoms with E-state index in [1.165, 1.54) is 22.3 Å². The third-order valence-electron chi connectivity index (χ3n) is 3.86. The summed E-state index contributed by atoms with van der Waals surface area (Å²) in [7, 11) is 3.36. The molecule has 2 aromatic carbocycles. The Morgan fingerprint density at radius 1 is 0.750 bits per heavy atom. The number of aryl methyl sites for hydroxylation is 2. The average Bonchev–Trinajstić information content (AvgIpc) is 2.48. The Morgan fingerprint density at radius 3 is 1.79 bits per heavy atom. The second-order valence-electron chi connectivity index (χ2n) is 5.44. The molecule has 0 spiro atoms. The minimum Gasteiger partial charge on any atom is -0.553 e. The van der Waals surface area contributed by atoms with Gasteiger partial charge in [0.1, 0.15) is 0 Å². The van der Waals surface area contributed by atoms with Gasteiger partial charge in [0.15, 0.2) is 0 Å². The molecule has 2 aromatic rings. The SMILES string of the molecule is [CH2-]c1cc(C)c(C)c(OC)c1.[CH2-]c1ccc(C)c(C)c1OC.[Y].[Y]. The summed E-state index contributed by atoms with van der Waals surface area (Å²) in [5.41, 5.74) is 6.81. The van der Waals surface area contributed by atoms with Crippen LogP contribution in [0.4, 0.5) is 0 Å². The van der Waals surface area contributed by atoms with E-state index in [2.05, 4.69) is 39.8 Å². The molecule has 2 nitrogen and oxygen atoms in total. The van der Waals surface area contributed by atoms with Crippen molar-refractivity contribution in [1.29, 1.82) is 0 Å². The number of hydrogen-bond acceptors (Lipinski definition) is 2. The van der Waals surface area contributed by atoms with Gasteiger partial charge in [0.2, 0.25) is 0 Å². The molecule has 24 heavy (non-hydrogen) atoms. The van der Waals surface area contributed by atoms with Gasteiger partial charge in [-0.2, -0.15) is 37.1 Å². The smallest absolute Gasteiger partial charge is 0.0759 e. The molecule has 0 aliphatic heterocycles. The van der Waals surface area contributed by atoms with Gasteiger partial charge < -0.3 is 9.47 Å². The van der Waals surface area contributed by atoms with Crippen LogP contribution in [0.1, 0.15) is 33.4 Å². The molecule has 0 saturated carbocycles. The standard InChI is InChI=1S/2C10H13O.2Y/c1-7-5-8(2)9(3)10(6-7)11-4;1-7-5-6-8(2)10(11-4)9(7)3;;/h5-6H,1H2,2-4H3;5-6H,2H2,1,3-4H3;;/q2*-1;;. The van der Waals surface area contributed by atoms with E-state index >= 15 is 0 Å². The summed E-state index contributed by atoms with van der Waals surface area (Å²) < 4.78 is 10.4. The first-order valence-electron chi connectivity index (χ1n) is 7.25. The van der Waals surface area contributed by atoms with E-state index in [0.29, 0.717) is 0 Å². The molecule has 0 fully saturated rings. The van der Waals surface area contributed by atoms with Crippen molar-refractivity contribution >= 4 is 0 Å². The number of hydrogen-bond donors (Lipinski definition) is 0. The molecule has 4 heteroatoms. The molecule has 0 heterocycles. The molecule has 0 atom stereocenters. The van der Waals surface area contributed by atoms with Crippen molar-refractivity contribution in [1.82, 2.24) is 0 Å². The van der Waals surface area contributed by atoms with Crippen LogP contribution in [0.2, 0.25) is 0 Å². The van der Waals surface area contributed by atoms with Gasteiger partial charge in [-0.3, -0.25) is 0 Å². The summed E-state index contributed by atoms with van der Waals surface area (Å²) in [6.07, 6.45) is 0. The quantitative estimate of drug-likeness (QED) is 0.570. The summed E-state index contributed by atoms with van der Waals surface area (Å²) in [5.74, 6) is 1.83. The molecule has 0 amide bonds. The van der Waals surface area contributed by atoms with Crippen molar-refractivity contribution in [3.63, 3.8) is 0 Å². The number of rotatable bonds is 2. The number of benzene rings is 2. The van der Waals surface area contributed by atoms with E-state index in [1.807, 2.05) is 26.0 Å². The van der Waals surface area contributed by atoms with E-state index in [-0.39, 0.29) is 65.4 Å². The fourth-order valence-electron chi connectivity index (χ4n) is 2.24. The topological polar surface area (TPSA) is 18.5 Å². The number of methoxy groups -OCH3 is 2. The van der Waals surface area contributed by atoms with Crippen LogP contribution in [0, 0.1) is 41.5 Å². The van der Waals surface area contributed by atoms with Crippen molar-refractivity contribution in [2.45, 2.75) is 27.7 Å². The second kappa shape index (κ2) is 12.4. The molecule has 2 rings (SSSR count). The van der Waals surface area contributed by atoms with Crippen LogP contribution in [0.3, 0.4) is 0 Å². The third-order valence-corrected chi connectivity index (χ3v) is 3.86. The fourth-order valence-corrected chi connectivity index (χ4v) is 2.24. The largest absolute Gasteiger partial charge is 0.553 e. The molecule has 0 bridgehead atoms. The maximum absolute atomic E-state index is 5.19. The Hall–Kier alpha value is -0.0122. The zero-order valence-electron chi connectivity index (χ0n) is 15.7. The first kappa shape index (κ1) is 26.2. The van der Waals surface area contributed by atoms with Crippen molar-refractivity contribution in [3.8, 4) is 11.5 Å². The number of ether oxygens (including phenoxy) is 2. The predicted molar refractivity (Wildman–Crippen MR) is 93.9 cm³/mol. The Bertz CT molecular complexity index is 653. The van der Waals surface area contributed by atoms with E-state index in [4.69, 9.17) is 9.47 Å². The van der Waals surface area contributed by atoms with Gasteiger partial charge in [0.05, 0.1) is 20.0 Å². The molecule has 0 aliphatic rings. The van der Waals surface area contributed by atoms with Gasteiger partial charge in [-0.15, -0.1) is 17.7 Å². The van der Waals surface area contributed by atoms with Gasteiger partial charge in [-0.05, 0) is 26.3 Å². The van der Waals surface area contributed by atoms with Crippen LogP contribution < -0.4 is 9.47 Å². The molecule has 0 aliphatic carbocycles. The van der Waals surface area contributed by atoms with Crippen LogP contribution in [0.5, 0.6) is 11.5 Å². The van der Waals surface area contributed by atoms with E-state index < -0.39 is 0 Å². The van der Waals surface area contributed by atoms with Crippen molar-refractivity contribution in [2.75, 3.05) is 14.2 Å². The van der Waals surface area contributed by atoms with Gasteiger partial charge >= 0.3 is 0 Å². The van der Waals surface area contributed by atoms with Crippen LogP contribution in [-0.4, -0.2) is 14.2 Å². The maximum atomic E-state index is 5.19. The van der Waals surface area contributed by atoms with Crippen LogP contribution in [0.25, 0.3) is 0 Å². The average molecular weight is 476 g/mol. The fraction of sp³-hybridized carbons (Fsp3) is 0.300. The molecule has 2 radical (unpaired) electrons. The minimum atomic E-state index is 0. The van der Waals surface area contributed by atoms with Crippen molar-refractivity contribution < 1.29 is 74.9 Å². The summed E-state index contributed by atoms with van der Waals surface area (Å²) in [4.78, 5) is 0. The monoisotopic (exact) mass is 476 g/mol. The Morgan fingerprint density at radius 2 is 1.33 bits per heavy atom. The first-order valence-corrected chi connectivity index (χ1v) is 7.25. The van der Waals surface area contributed by atoms with Crippen molar-refractivity contribution in [3.05, 3.63) is 71.5 Å². The summed E-state index contributed by atoms with van der Waals surface area (Å²) >= 11 is 0.